The molecule has 1 amide bonds. The van der Waals surface area contributed by atoms with E-state index in [4.69, 9.17) is 0 Å². The number of hydrogen-bond donors (Lipinski definition) is 1. The van der Waals surface area contributed by atoms with Crippen LogP contribution >= 0.6 is 15.9 Å². The minimum Gasteiger partial charge on any atom is -0.325 e. The molecule has 4 rings (SSSR count). The van der Waals surface area contributed by atoms with E-state index in [0.717, 1.165) is 34.0 Å². The van der Waals surface area contributed by atoms with Gasteiger partial charge in [-0.3, -0.25) is 4.79 Å². The number of sulfonamides is 1. The van der Waals surface area contributed by atoms with Gasteiger partial charge in [0.1, 0.15) is 0 Å². The molecular formula is C26H24BrN3O3S. The Morgan fingerprint density at radius 1 is 1.03 bits per heavy atom. The fourth-order valence-corrected chi connectivity index (χ4v) is 5.35. The summed E-state index contributed by atoms with van der Waals surface area (Å²) in [6, 6.07) is 23.4. The number of halogens is 1. The first-order valence-electron chi connectivity index (χ1n) is 10.8. The van der Waals surface area contributed by atoms with E-state index < -0.39 is 21.3 Å². The monoisotopic (exact) mass is 537 g/mol. The zero-order chi connectivity index (χ0) is 24.3. The van der Waals surface area contributed by atoms with E-state index in [1.54, 1.807) is 24.3 Å². The van der Waals surface area contributed by atoms with E-state index in [-0.39, 0.29) is 18.0 Å². The number of benzene rings is 3. The fraction of sp³-hybridized carbons (Fsp3) is 0.231. The van der Waals surface area contributed by atoms with Crippen molar-refractivity contribution in [3.8, 4) is 6.07 Å². The van der Waals surface area contributed by atoms with Crippen LogP contribution in [-0.2, 0) is 26.8 Å². The van der Waals surface area contributed by atoms with Gasteiger partial charge in [0, 0.05) is 16.7 Å². The number of carbonyl (C=O) groups is 1. The minimum absolute atomic E-state index is 0.0652. The Bertz CT molecular complexity index is 1330. The Morgan fingerprint density at radius 2 is 1.65 bits per heavy atom. The highest BCUT2D eigenvalue weighted by Crippen LogP contribution is 2.47. The number of nitrogens with zero attached hydrogens (tertiary/aromatic N) is 2. The first-order chi connectivity index (χ1) is 16.2. The Kier molecular flexibility index (Phi) is 6.89. The Hall–Kier alpha value is -2.99. The largest absolute Gasteiger partial charge is 0.325 e. The lowest BCUT2D eigenvalue weighted by atomic mass is 9.98. The zero-order valence-electron chi connectivity index (χ0n) is 18.7. The van der Waals surface area contributed by atoms with Crippen LogP contribution in [0.25, 0.3) is 0 Å². The second-order valence-electron chi connectivity index (χ2n) is 8.53. The molecule has 174 valence electrons. The number of anilines is 1. The maximum Gasteiger partial charge on any atom is 0.243 e. The van der Waals surface area contributed by atoms with Gasteiger partial charge in [0.15, 0.2) is 0 Å². The molecule has 1 aliphatic rings. The smallest absolute Gasteiger partial charge is 0.243 e. The second kappa shape index (κ2) is 9.71. The molecule has 34 heavy (non-hydrogen) atoms. The van der Waals surface area contributed by atoms with Gasteiger partial charge in [0.2, 0.25) is 15.9 Å². The maximum atomic E-state index is 13.4. The van der Waals surface area contributed by atoms with Gasteiger partial charge in [-0.1, -0.05) is 57.9 Å². The third-order valence-corrected chi connectivity index (χ3v) is 8.27. The van der Waals surface area contributed by atoms with Crippen LogP contribution in [-0.4, -0.2) is 25.2 Å². The molecule has 0 saturated heterocycles. The van der Waals surface area contributed by atoms with Crippen LogP contribution in [0.5, 0.6) is 0 Å². The number of amides is 1. The summed E-state index contributed by atoms with van der Waals surface area (Å²) in [5, 5.41) is 12.1. The summed E-state index contributed by atoms with van der Waals surface area (Å²) >= 11 is 3.32. The van der Waals surface area contributed by atoms with Crippen LogP contribution in [0.2, 0.25) is 0 Å². The topological polar surface area (TPSA) is 90.3 Å². The van der Waals surface area contributed by atoms with Crippen molar-refractivity contribution in [1.29, 1.82) is 5.26 Å². The second-order valence-corrected chi connectivity index (χ2v) is 11.4. The number of hydrogen-bond acceptors (Lipinski definition) is 4. The summed E-state index contributed by atoms with van der Waals surface area (Å²) < 4.78 is 28.7. The van der Waals surface area contributed by atoms with Crippen LogP contribution < -0.4 is 5.32 Å². The van der Waals surface area contributed by atoms with Crippen LogP contribution in [0.1, 0.15) is 29.5 Å². The highest BCUT2D eigenvalue weighted by molar-refractivity contribution is 9.10. The standard InChI is InChI=1S/C26H24BrN3O3S/c1-19-2-4-20(5-3-19)16-30(34(32,33)24-12-8-22(27)9-13-24)17-25(31)29-23-10-6-21(7-11-23)26(18-28)14-15-26/h2-13H,14-17H2,1H3,(H,29,31). The summed E-state index contributed by atoms with van der Waals surface area (Å²) in [7, 11) is -3.92. The van der Waals surface area contributed by atoms with E-state index in [2.05, 4.69) is 27.3 Å². The normalized spacial score (nSPS) is 14.4. The van der Waals surface area contributed by atoms with Crippen LogP contribution in [0.4, 0.5) is 5.69 Å². The van der Waals surface area contributed by atoms with Crippen molar-refractivity contribution in [2.24, 2.45) is 0 Å². The first-order valence-corrected chi connectivity index (χ1v) is 13.1. The fourth-order valence-electron chi connectivity index (χ4n) is 3.70. The van der Waals surface area contributed by atoms with Crippen LogP contribution in [0.15, 0.2) is 82.2 Å². The van der Waals surface area contributed by atoms with Gasteiger partial charge in [-0.2, -0.15) is 9.57 Å². The van der Waals surface area contributed by atoms with Crippen molar-refractivity contribution in [2.75, 3.05) is 11.9 Å². The van der Waals surface area contributed by atoms with E-state index in [9.17, 15) is 18.5 Å². The van der Waals surface area contributed by atoms with Crippen molar-refractivity contribution in [3.05, 3.63) is 94.0 Å². The molecule has 1 fully saturated rings. The Morgan fingerprint density at radius 3 is 2.21 bits per heavy atom. The predicted octanol–water partition coefficient (Wildman–Crippen LogP) is 5.14. The van der Waals surface area contributed by atoms with Gasteiger partial charge in [0.05, 0.1) is 22.9 Å². The van der Waals surface area contributed by atoms with Crippen LogP contribution in [0.3, 0.4) is 0 Å². The average Bonchev–Trinajstić information content (AvgIpc) is 3.62. The summed E-state index contributed by atoms with van der Waals surface area (Å²) in [4.78, 5) is 13.0. The lowest BCUT2D eigenvalue weighted by molar-refractivity contribution is -0.116. The van der Waals surface area contributed by atoms with E-state index in [0.29, 0.717) is 5.69 Å². The molecule has 0 bridgehead atoms. The summed E-state index contributed by atoms with van der Waals surface area (Å²) in [5.74, 6) is -0.443. The lowest BCUT2D eigenvalue weighted by Crippen LogP contribution is -2.37. The molecule has 0 unspecified atom stereocenters. The van der Waals surface area contributed by atoms with Gasteiger partial charge in [-0.15, -0.1) is 0 Å². The number of carbonyl (C=O) groups excluding carboxylic acids is 1. The highest BCUT2D eigenvalue weighted by Gasteiger charge is 2.44. The van der Waals surface area contributed by atoms with Crippen molar-refractivity contribution in [1.82, 2.24) is 4.31 Å². The maximum absolute atomic E-state index is 13.4. The predicted molar refractivity (Wildman–Crippen MR) is 135 cm³/mol. The van der Waals surface area contributed by atoms with Crippen molar-refractivity contribution >= 4 is 37.5 Å². The number of aryl methyl sites for hydroxylation is 1. The molecule has 0 aliphatic heterocycles. The first kappa shape index (κ1) is 24.1. The highest BCUT2D eigenvalue weighted by atomic mass is 79.9. The molecule has 0 radical (unpaired) electrons. The van der Waals surface area contributed by atoms with E-state index >= 15 is 0 Å². The minimum atomic E-state index is -3.92. The molecule has 0 heterocycles. The summed E-state index contributed by atoms with van der Waals surface area (Å²) in [5.41, 5.74) is 2.95. The van der Waals surface area contributed by atoms with Gasteiger partial charge >= 0.3 is 0 Å². The molecular weight excluding hydrogens is 514 g/mol. The molecule has 0 aromatic heterocycles. The van der Waals surface area contributed by atoms with Gasteiger partial charge in [-0.05, 0) is 67.3 Å². The molecule has 1 saturated carbocycles. The SMILES string of the molecule is Cc1ccc(CN(CC(=O)Nc2ccc(C3(C#N)CC3)cc2)S(=O)(=O)c2ccc(Br)cc2)cc1. The molecule has 0 atom stereocenters. The van der Waals surface area contributed by atoms with E-state index in [1.165, 1.54) is 16.4 Å². The number of nitrogens with one attached hydrogen (secondary N) is 1. The Labute approximate surface area is 208 Å². The van der Waals surface area contributed by atoms with Crippen molar-refractivity contribution in [3.63, 3.8) is 0 Å². The lowest BCUT2D eigenvalue weighted by Gasteiger charge is -2.22. The van der Waals surface area contributed by atoms with Gasteiger partial charge < -0.3 is 5.32 Å². The Balaban J connectivity index is 1.53. The third kappa shape index (κ3) is 5.39. The van der Waals surface area contributed by atoms with Gasteiger partial charge in [0.25, 0.3) is 0 Å². The van der Waals surface area contributed by atoms with Crippen molar-refractivity contribution in [2.45, 2.75) is 36.6 Å². The molecule has 0 spiro atoms. The average molecular weight is 538 g/mol. The number of nitriles is 1. The molecule has 3 aromatic carbocycles. The quantitative estimate of drug-likeness (QED) is 0.430. The van der Waals surface area contributed by atoms with Gasteiger partial charge in [-0.25, -0.2) is 8.42 Å². The molecule has 6 nitrogen and oxygen atoms in total. The van der Waals surface area contributed by atoms with E-state index in [1.807, 2.05) is 43.3 Å². The molecule has 8 heteroatoms. The van der Waals surface area contributed by atoms with Crippen molar-refractivity contribution < 1.29 is 13.2 Å². The zero-order valence-corrected chi connectivity index (χ0v) is 21.1. The van der Waals surface area contributed by atoms with Crippen LogP contribution in [0, 0.1) is 18.3 Å². The molecule has 3 aromatic rings. The summed E-state index contributed by atoms with van der Waals surface area (Å²) in [6.07, 6.45) is 1.69. The molecule has 1 aliphatic carbocycles. The third-order valence-electron chi connectivity index (χ3n) is 5.94. The summed E-state index contributed by atoms with van der Waals surface area (Å²) in [6.45, 7) is 1.69. The number of rotatable bonds is 8. The molecule has 1 N–H and O–H groups in total.